The largest absolute Gasteiger partial charge is 0.396 e. The van der Waals surface area contributed by atoms with Gasteiger partial charge in [-0.1, -0.05) is 6.92 Å². The first-order valence-electron chi connectivity index (χ1n) is 5.49. The monoisotopic (exact) mass is 238 g/mol. The summed E-state index contributed by atoms with van der Waals surface area (Å²) in [5, 5.41) is 11.6. The van der Waals surface area contributed by atoms with E-state index in [0.717, 1.165) is 0 Å². The molecule has 0 fully saturated rings. The Morgan fingerprint density at radius 2 is 2.18 bits per heavy atom. The van der Waals surface area contributed by atoms with Crippen molar-refractivity contribution in [3.63, 3.8) is 0 Å². The van der Waals surface area contributed by atoms with Crippen molar-refractivity contribution >= 4 is 11.9 Å². The highest BCUT2D eigenvalue weighted by Crippen LogP contribution is 2.00. The van der Waals surface area contributed by atoms with Crippen LogP contribution < -0.4 is 10.2 Å². The van der Waals surface area contributed by atoms with Crippen molar-refractivity contribution in [2.24, 2.45) is 5.92 Å². The van der Waals surface area contributed by atoms with Crippen LogP contribution in [0.5, 0.6) is 0 Å². The number of aliphatic hydroxyl groups excluding tert-OH is 1. The van der Waals surface area contributed by atoms with Crippen LogP contribution in [0.3, 0.4) is 0 Å². The van der Waals surface area contributed by atoms with Crippen molar-refractivity contribution in [2.75, 3.05) is 31.6 Å². The van der Waals surface area contributed by atoms with E-state index in [4.69, 9.17) is 5.11 Å². The summed E-state index contributed by atoms with van der Waals surface area (Å²) >= 11 is 0. The number of hydrogen-bond acceptors (Lipinski definition) is 5. The minimum atomic E-state index is -0.111. The molecular formula is C11H18N4O2. The van der Waals surface area contributed by atoms with Crippen LogP contribution in [0, 0.1) is 5.92 Å². The summed E-state index contributed by atoms with van der Waals surface area (Å²) in [4.78, 5) is 21.3. The van der Waals surface area contributed by atoms with Crippen LogP contribution in [0.25, 0.3) is 0 Å². The van der Waals surface area contributed by atoms with Gasteiger partial charge in [-0.15, -0.1) is 0 Å². The molecule has 0 aliphatic carbocycles. The Morgan fingerprint density at radius 1 is 1.53 bits per heavy atom. The minimum absolute atomic E-state index is 0.0669. The van der Waals surface area contributed by atoms with Crippen molar-refractivity contribution < 1.29 is 9.90 Å². The average molecular weight is 238 g/mol. The second-order valence-corrected chi connectivity index (χ2v) is 4.00. The molecule has 0 aliphatic heterocycles. The maximum atomic E-state index is 11.6. The molecule has 2 N–H and O–H groups in total. The zero-order valence-corrected chi connectivity index (χ0v) is 10.1. The first-order chi connectivity index (χ1) is 8.13. The number of amides is 1. The third-order valence-corrected chi connectivity index (χ3v) is 2.23. The van der Waals surface area contributed by atoms with Gasteiger partial charge in [-0.3, -0.25) is 4.79 Å². The molecule has 1 unspecified atom stereocenters. The summed E-state index contributed by atoms with van der Waals surface area (Å²) in [5.74, 6) is 0.468. The number of anilines is 1. The highest BCUT2D eigenvalue weighted by atomic mass is 16.3. The molecule has 1 aromatic rings. The van der Waals surface area contributed by atoms with E-state index < -0.39 is 0 Å². The van der Waals surface area contributed by atoms with Gasteiger partial charge >= 0.3 is 0 Å². The third kappa shape index (κ3) is 4.78. The molecular weight excluding hydrogens is 220 g/mol. The van der Waals surface area contributed by atoms with Crippen LogP contribution in [0.15, 0.2) is 18.5 Å². The maximum absolute atomic E-state index is 11.6. The molecule has 6 heteroatoms. The number of aromatic nitrogens is 2. The van der Waals surface area contributed by atoms with Gasteiger partial charge in [-0.2, -0.15) is 0 Å². The van der Waals surface area contributed by atoms with Crippen LogP contribution in [-0.2, 0) is 4.79 Å². The lowest BCUT2D eigenvalue weighted by atomic mass is 10.2. The number of likely N-dealkylation sites (N-methyl/N-ethyl adjacent to an activating group) is 1. The van der Waals surface area contributed by atoms with E-state index in [2.05, 4.69) is 15.3 Å². The van der Waals surface area contributed by atoms with Crippen molar-refractivity contribution in [3.8, 4) is 0 Å². The zero-order chi connectivity index (χ0) is 12.7. The second-order valence-electron chi connectivity index (χ2n) is 4.00. The van der Waals surface area contributed by atoms with E-state index in [0.29, 0.717) is 12.5 Å². The molecule has 1 heterocycles. The molecule has 0 aliphatic rings. The number of hydrogen-bond donors (Lipinski definition) is 2. The second kappa shape index (κ2) is 6.80. The normalized spacial score (nSPS) is 11.9. The molecule has 0 bridgehead atoms. The summed E-state index contributed by atoms with van der Waals surface area (Å²) in [6.45, 7) is 2.60. The molecule has 0 saturated heterocycles. The van der Waals surface area contributed by atoms with E-state index in [-0.39, 0.29) is 25.0 Å². The van der Waals surface area contributed by atoms with Crippen LogP contribution in [0.1, 0.15) is 6.92 Å². The van der Waals surface area contributed by atoms with Crippen LogP contribution in [-0.4, -0.2) is 47.7 Å². The van der Waals surface area contributed by atoms with Gasteiger partial charge in [-0.05, 0) is 12.0 Å². The topological polar surface area (TPSA) is 78.4 Å². The average Bonchev–Trinajstić information content (AvgIpc) is 2.36. The lowest BCUT2D eigenvalue weighted by Crippen LogP contribution is -2.38. The van der Waals surface area contributed by atoms with Gasteiger partial charge in [0.1, 0.15) is 0 Å². The van der Waals surface area contributed by atoms with Crippen molar-refractivity contribution in [1.82, 2.24) is 15.3 Å². The van der Waals surface area contributed by atoms with Gasteiger partial charge in [0.2, 0.25) is 11.9 Å². The van der Waals surface area contributed by atoms with Crippen LogP contribution in [0.2, 0.25) is 0 Å². The summed E-state index contributed by atoms with van der Waals surface area (Å²) in [5.41, 5.74) is 0. The molecule has 1 atom stereocenters. The Bertz CT molecular complexity index is 345. The van der Waals surface area contributed by atoms with E-state index in [1.54, 1.807) is 30.4 Å². The summed E-state index contributed by atoms with van der Waals surface area (Å²) in [7, 11) is 1.75. The number of aliphatic hydroxyl groups is 1. The molecule has 1 aromatic heterocycles. The highest BCUT2D eigenvalue weighted by Gasteiger charge is 2.09. The Labute approximate surface area is 101 Å². The smallest absolute Gasteiger partial charge is 0.239 e. The quantitative estimate of drug-likeness (QED) is 0.708. The molecule has 0 aromatic carbocycles. The molecule has 0 radical (unpaired) electrons. The number of carbonyl (C=O) groups excluding carboxylic acids is 1. The third-order valence-electron chi connectivity index (χ3n) is 2.23. The Hall–Kier alpha value is -1.69. The molecule has 6 nitrogen and oxygen atoms in total. The predicted molar refractivity (Wildman–Crippen MR) is 64.6 cm³/mol. The molecule has 17 heavy (non-hydrogen) atoms. The minimum Gasteiger partial charge on any atom is -0.396 e. The molecule has 1 rings (SSSR count). The first-order valence-corrected chi connectivity index (χ1v) is 5.49. The number of nitrogens with one attached hydrogen (secondary N) is 1. The van der Waals surface area contributed by atoms with Crippen LogP contribution in [0.4, 0.5) is 5.95 Å². The predicted octanol–water partition coefficient (Wildman–Crippen LogP) is -0.343. The summed E-state index contributed by atoms with van der Waals surface area (Å²) in [6, 6.07) is 1.72. The first kappa shape index (κ1) is 13.4. The standard InChI is InChI=1S/C11H18N4O2/c1-9(8-16)6-14-10(17)7-15(2)11-12-4-3-5-13-11/h3-5,9,16H,6-8H2,1-2H3,(H,14,17). The van der Waals surface area contributed by atoms with Gasteiger partial charge in [0, 0.05) is 32.6 Å². The molecule has 0 spiro atoms. The van der Waals surface area contributed by atoms with E-state index >= 15 is 0 Å². The Balaban J connectivity index is 2.36. The molecule has 1 amide bonds. The van der Waals surface area contributed by atoms with E-state index in [1.807, 2.05) is 6.92 Å². The van der Waals surface area contributed by atoms with Gasteiger partial charge in [0.25, 0.3) is 0 Å². The Morgan fingerprint density at radius 3 is 2.76 bits per heavy atom. The fourth-order valence-electron chi connectivity index (χ4n) is 1.18. The fourth-order valence-corrected chi connectivity index (χ4v) is 1.18. The van der Waals surface area contributed by atoms with Gasteiger partial charge in [-0.25, -0.2) is 9.97 Å². The zero-order valence-electron chi connectivity index (χ0n) is 10.1. The molecule has 94 valence electrons. The number of rotatable bonds is 6. The number of carbonyl (C=O) groups is 1. The number of nitrogens with zero attached hydrogens (tertiary/aromatic N) is 3. The lowest BCUT2D eigenvalue weighted by molar-refractivity contribution is -0.119. The summed E-state index contributed by atoms with van der Waals surface area (Å²) in [6.07, 6.45) is 3.26. The SMILES string of the molecule is CC(CO)CNC(=O)CN(C)c1ncccn1. The van der Waals surface area contributed by atoms with Gasteiger partial charge in [0.15, 0.2) is 0 Å². The van der Waals surface area contributed by atoms with E-state index in [9.17, 15) is 4.79 Å². The lowest BCUT2D eigenvalue weighted by Gasteiger charge is -2.16. The van der Waals surface area contributed by atoms with Gasteiger partial charge in [0.05, 0.1) is 6.54 Å². The van der Waals surface area contributed by atoms with Crippen molar-refractivity contribution in [2.45, 2.75) is 6.92 Å². The van der Waals surface area contributed by atoms with Gasteiger partial charge < -0.3 is 15.3 Å². The van der Waals surface area contributed by atoms with Crippen molar-refractivity contribution in [3.05, 3.63) is 18.5 Å². The highest BCUT2D eigenvalue weighted by molar-refractivity contribution is 5.80. The van der Waals surface area contributed by atoms with E-state index in [1.165, 1.54) is 0 Å². The Kier molecular flexibility index (Phi) is 5.35. The maximum Gasteiger partial charge on any atom is 0.239 e. The summed E-state index contributed by atoms with van der Waals surface area (Å²) < 4.78 is 0. The molecule has 0 saturated carbocycles. The fraction of sp³-hybridized carbons (Fsp3) is 0.545. The van der Waals surface area contributed by atoms with Crippen molar-refractivity contribution in [1.29, 1.82) is 0 Å². The van der Waals surface area contributed by atoms with Crippen LogP contribution >= 0.6 is 0 Å².